The normalized spacial score (nSPS) is 13.4. The number of fused-ring (bicyclic) bond motifs is 7. The van der Waals surface area contributed by atoms with Crippen LogP contribution in [0.2, 0.25) is 0 Å². The van der Waals surface area contributed by atoms with Gasteiger partial charge in [-0.05, 0) is 106 Å². The minimum atomic E-state index is -0.400. The average Bonchev–Trinajstić information content (AvgIpc) is 3.66. The van der Waals surface area contributed by atoms with Crippen LogP contribution in [0.3, 0.4) is 0 Å². The van der Waals surface area contributed by atoms with Gasteiger partial charge in [-0.2, -0.15) is 0 Å². The standard InChI is InChI=1S/C52H32O/c1-2-15-34(16-3-1)50-42-21-8-10-23-44(42)51(45-24-11-9-22-43(45)50)46-30-29-40(38-19-6-7-20-39(38)46)41-26-13-27-49-52(41)47-32-35(28-31-48(47)53-49)37-25-12-17-33-14-4-5-18-36(33)37/h1-32H/i6D,7D,19D,20D,29D,30D. The van der Waals surface area contributed by atoms with Gasteiger partial charge in [-0.25, -0.2) is 0 Å². The molecule has 0 fully saturated rings. The van der Waals surface area contributed by atoms with E-state index in [0.717, 1.165) is 60.0 Å². The minimum Gasteiger partial charge on any atom is -0.456 e. The average molecular weight is 679 g/mol. The van der Waals surface area contributed by atoms with E-state index in [2.05, 4.69) is 54.6 Å². The molecular weight excluding hydrogens is 641 g/mol. The Morgan fingerprint density at radius 2 is 0.925 bits per heavy atom. The van der Waals surface area contributed by atoms with Crippen LogP contribution in [0.15, 0.2) is 198 Å². The summed E-state index contributed by atoms with van der Waals surface area (Å²) in [6, 6.07) is 50.8. The van der Waals surface area contributed by atoms with Gasteiger partial charge in [-0.3, -0.25) is 0 Å². The lowest BCUT2D eigenvalue weighted by Gasteiger charge is -2.19. The highest BCUT2D eigenvalue weighted by Gasteiger charge is 2.20. The van der Waals surface area contributed by atoms with Crippen molar-refractivity contribution in [3.8, 4) is 44.5 Å². The lowest BCUT2D eigenvalue weighted by Crippen LogP contribution is -1.92. The van der Waals surface area contributed by atoms with Crippen molar-refractivity contribution in [2.45, 2.75) is 0 Å². The Morgan fingerprint density at radius 3 is 1.68 bits per heavy atom. The van der Waals surface area contributed by atoms with E-state index >= 15 is 0 Å². The highest BCUT2D eigenvalue weighted by atomic mass is 16.3. The first-order chi connectivity index (χ1) is 28.8. The van der Waals surface area contributed by atoms with Gasteiger partial charge < -0.3 is 4.42 Å². The Morgan fingerprint density at radius 1 is 0.340 bits per heavy atom. The molecule has 0 aliphatic heterocycles. The largest absolute Gasteiger partial charge is 0.456 e. The fourth-order valence-electron chi connectivity index (χ4n) is 8.32. The summed E-state index contributed by atoms with van der Waals surface area (Å²) in [6.07, 6.45) is 0. The number of rotatable bonds is 4. The molecule has 0 bridgehead atoms. The number of furan rings is 1. The smallest absolute Gasteiger partial charge is 0.136 e. The first-order valence-electron chi connectivity index (χ1n) is 20.8. The lowest BCUT2D eigenvalue weighted by atomic mass is 9.83. The third-order valence-corrected chi connectivity index (χ3v) is 10.6. The minimum absolute atomic E-state index is 0.124. The van der Waals surface area contributed by atoms with Crippen molar-refractivity contribution in [1.82, 2.24) is 0 Å². The highest BCUT2D eigenvalue weighted by molar-refractivity contribution is 6.25. The molecule has 11 aromatic rings. The van der Waals surface area contributed by atoms with Gasteiger partial charge in [0.25, 0.3) is 0 Å². The number of benzene rings is 10. The fourth-order valence-corrected chi connectivity index (χ4v) is 8.32. The van der Waals surface area contributed by atoms with Gasteiger partial charge in [0, 0.05) is 10.8 Å². The van der Waals surface area contributed by atoms with Crippen LogP contribution in [0, 0.1) is 0 Å². The summed E-state index contributed by atoms with van der Waals surface area (Å²) in [7, 11) is 0. The molecule has 0 aliphatic rings. The molecule has 0 saturated carbocycles. The van der Waals surface area contributed by atoms with Crippen LogP contribution < -0.4 is 0 Å². The molecule has 10 aromatic carbocycles. The first kappa shape index (κ1) is 24.3. The van der Waals surface area contributed by atoms with Crippen molar-refractivity contribution in [3.05, 3.63) is 194 Å². The Hall–Kier alpha value is -6.96. The highest BCUT2D eigenvalue weighted by Crippen LogP contribution is 2.47. The van der Waals surface area contributed by atoms with Gasteiger partial charge in [-0.1, -0.05) is 176 Å². The maximum Gasteiger partial charge on any atom is 0.136 e. The predicted molar refractivity (Wildman–Crippen MR) is 225 cm³/mol. The molecule has 1 aromatic heterocycles. The molecule has 53 heavy (non-hydrogen) atoms. The molecule has 0 aliphatic carbocycles. The summed E-state index contributed by atoms with van der Waals surface area (Å²) < 4.78 is 63.3. The maximum absolute atomic E-state index is 9.96. The van der Waals surface area contributed by atoms with E-state index in [9.17, 15) is 5.48 Å². The van der Waals surface area contributed by atoms with Crippen molar-refractivity contribution in [2.24, 2.45) is 0 Å². The van der Waals surface area contributed by atoms with Crippen LogP contribution >= 0.6 is 0 Å². The van der Waals surface area contributed by atoms with E-state index in [1.807, 2.05) is 103 Å². The molecule has 11 rings (SSSR count). The summed E-state index contributed by atoms with van der Waals surface area (Å²) >= 11 is 0. The van der Waals surface area contributed by atoms with Crippen molar-refractivity contribution in [3.63, 3.8) is 0 Å². The Labute approximate surface area is 315 Å². The molecule has 0 saturated heterocycles. The maximum atomic E-state index is 9.96. The molecule has 1 nitrogen and oxygen atoms in total. The molecule has 0 unspecified atom stereocenters. The Kier molecular flexibility index (Phi) is 5.40. The molecule has 0 radical (unpaired) electrons. The zero-order valence-corrected chi connectivity index (χ0v) is 28.4. The van der Waals surface area contributed by atoms with Crippen LogP contribution in [0.1, 0.15) is 8.22 Å². The Bertz CT molecular complexity index is 3510. The Balaban J connectivity index is 1.27. The van der Waals surface area contributed by atoms with E-state index < -0.39 is 12.1 Å². The zero-order valence-electron chi connectivity index (χ0n) is 34.4. The fraction of sp³-hybridized carbons (Fsp3) is 0. The molecule has 0 atom stereocenters. The molecule has 246 valence electrons. The molecule has 1 heteroatoms. The van der Waals surface area contributed by atoms with Crippen LogP contribution in [0.4, 0.5) is 0 Å². The van der Waals surface area contributed by atoms with Crippen LogP contribution in [-0.2, 0) is 0 Å². The van der Waals surface area contributed by atoms with Gasteiger partial charge >= 0.3 is 0 Å². The van der Waals surface area contributed by atoms with Crippen molar-refractivity contribution < 1.29 is 12.6 Å². The summed E-state index contributed by atoms with van der Waals surface area (Å²) in [5.74, 6) is 0. The quantitative estimate of drug-likeness (QED) is 0.169. The first-order valence-corrected chi connectivity index (χ1v) is 17.8. The second-order valence-electron chi connectivity index (χ2n) is 13.5. The van der Waals surface area contributed by atoms with Gasteiger partial charge in [0.2, 0.25) is 0 Å². The van der Waals surface area contributed by atoms with E-state index in [4.69, 9.17) is 7.16 Å². The third-order valence-electron chi connectivity index (χ3n) is 10.6. The van der Waals surface area contributed by atoms with E-state index in [1.54, 1.807) is 0 Å². The van der Waals surface area contributed by atoms with E-state index in [0.29, 0.717) is 33.2 Å². The van der Waals surface area contributed by atoms with Crippen molar-refractivity contribution >= 4 is 65.0 Å². The third kappa shape index (κ3) is 4.58. The second kappa shape index (κ2) is 11.8. The topological polar surface area (TPSA) is 13.1 Å². The van der Waals surface area contributed by atoms with Crippen LogP contribution in [-0.4, -0.2) is 0 Å². The molecule has 0 amide bonds. The number of hydrogen-bond donors (Lipinski definition) is 0. The molecule has 1 heterocycles. The van der Waals surface area contributed by atoms with Gasteiger partial charge in [0.15, 0.2) is 0 Å². The summed E-state index contributed by atoms with van der Waals surface area (Å²) in [5, 5.41) is 7.67. The zero-order chi connectivity index (χ0) is 40.1. The van der Waals surface area contributed by atoms with Crippen LogP contribution in [0.5, 0.6) is 0 Å². The summed E-state index contributed by atoms with van der Waals surface area (Å²) in [6.45, 7) is 0. The van der Waals surface area contributed by atoms with E-state index in [-0.39, 0.29) is 40.5 Å². The second-order valence-corrected chi connectivity index (χ2v) is 13.5. The summed E-state index contributed by atoms with van der Waals surface area (Å²) in [4.78, 5) is 0. The molecule has 0 N–H and O–H groups in total. The van der Waals surface area contributed by atoms with Gasteiger partial charge in [-0.15, -0.1) is 0 Å². The van der Waals surface area contributed by atoms with Crippen LogP contribution in [0.25, 0.3) is 110 Å². The van der Waals surface area contributed by atoms with Gasteiger partial charge in [0.05, 0.1) is 8.22 Å². The van der Waals surface area contributed by atoms with Gasteiger partial charge in [0.1, 0.15) is 11.2 Å². The number of hydrogen-bond acceptors (Lipinski definition) is 1. The van der Waals surface area contributed by atoms with Crippen molar-refractivity contribution in [1.29, 1.82) is 0 Å². The molecular formula is C52H32O. The lowest BCUT2D eigenvalue weighted by molar-refractivity contribution is 0.669. The predicted octanol–water partition coefficient (Wildman–Crippen LogP) is 14.9. The van der Waals surface area contributed by atoms with E-state index in [1.165, 1.54) is 0 Å². The molecule has 0 spiro atoms. The SMILES string of the molecule is [2H]c1c([2H])c([2H])c2c(-c3cccc4oc5ccc(-c6cccc7ccccc67)cc5c34)c([2H])c([2H])c(-c3c4ccccc4c(-c4ccccc4)c4ccccc34)c2c1[2H]. The monoisotopic (exact) mass is 678 g/mol. The van der Waals surface area contributed by atoms with Crippen molar-refractivity contribution in [2.75, 3.05) is 0 Å². The summed E-state index contributed by atoms with van der Waals surface area (Å²) in [5.41, 5.74) is 7.11.